The normalized spacial score (nSPS) is 10.5. The predicted molar refractivity (Wildman–Crippen MR) is 107 cm³/mol. The number of hydrogen-bond acceptors (Lipinski definition) is 6. The summed E-state index contributed by atoms with van der Waals surface area (Å²) in [5.74, 6) is 0.639. The van der Waals surface area contributed by atoms with Crippen LogP contribution in [0.2, 0.25) is 0 Å². The van der Waals surface area contributed by atoms with E-state index in [4.69, 9.17) is 0 Å². The first-order valence-corrected chi connectivity index (χ1v) is 8.98. The summed E-state index contributed by atoms with van der Waals surface area (Å²) in [5, 5.41) is 14.1. The molecule has 3 aromatic rings. The topological polar surface area (TPSA) is 66.0 Å². The van der Waals surface area contributed by atoms with Gasteiger partial charge < -0.3 is 15.5 Å². The van der Waals surface area contributed by atoms with Gasteiger partial charge in [0.25, 0.3) is 0 Å². The van der Waals surface area contributed by atoms with E-state index in [0.717, 1.165) is 18.8 Å². The molecule has 0 unspecified atom stereocenters. The summed E-state index contributed by atoms with van der Waals surface area (Å²) in [6.07, 6.45) is 1.55. The van der Waals surface area contributed by atoms with Crippen LogP contribution in [-0.2, 0) is 6.54 Å². The van der Waals surface area contributed by atoms with Gasteiger partial charge in [0.1, 0.15) is 5.82 Å². The summed E-state index contributed by atoms with van der Waals surface area (Å²) >= 11 is 0. The summed E-state index contributed by atoms with van der Waals surface area (Å²) in [6, 6.07) is 14.7. The summed E-state index contributed by atoms with van der Waals surface area (Å²) < 4.78 is 13.7. The van der Waals surface area contributed by atoms with E-state index in [0.29, 0.717) is 17.3 Å². The number of nitrogens with zero attached hydrogens (tertiary/aromatic N) is 4. The molecule has 3 rings (SSSR count). The van der Waals surface area contributed by atoms with Crippen molar-refractivity contribution < 1.29 is 4.39 Å². The fourth-order valence-corrected chi connectivity index (χ4v) is 2.75. The lowest BCUT2D eigenvalue weighted by atomic mass is 10.2. The highest BCUT2D eigenvalue weighted by Gasteiger charge is 2.05. The van der Waals surface area contributed by atoms with E-state index in [1.165, 1.54) is 11.8 Å². The number of rotatable bonds is 8. The van der Waals surface area contributed by atoms with Gasteiger partial charge in [-0.25, -0.2) is 4.39 Å². The average molecular weight is 366 g/mol. The van der Waals surface area contributed by atoms with E-state index >= 15 is 0 Å². The van der Waals surface area contributed by atoms with Crippen molar-refractivity contribution in [2.75, 3.05) is 28.6 Å². The van der Waals surface area contributed by atoms with Crippen molar-refractivity contribution in [3.63, 3.8) is 0 Å². The van der Waals surface area contributed by atoms with E-state index in [1.807, 2.05) is 12.1 Å². The van der Waals surface area contributed by atoms with Crippen molar-refractivity contribution in [1.82, 2.24) is 15.2 Å². The average Bonchev–Trinajstić information content (AvgIpc) is 2.70. The van der Waals surface area contributed by atoms with Gasteiger partial charge in [-0.15, -0.1) is 5.10 Å². The molecule has 0 saturated heterocycles. The van der Waals surface area contributed by atoms with E-state index in [9.17, 15) is 4.39 Å². The molecule has 0 aliphatic heterocycles. The third-order valence-corrected chi connectivity index (χ3v) is 4.22. The largest absolute Gasteiger partial charge is 0.372 e. The maximum atomic E-state index is 13.7. The number of hydrogen-bond donors (Lipinski definition) is 2. The molecule has 140 valence electrons. The molecule has 0 aliphatic carbocycles. The lowest BCUT2D eigenvalue weighted by molar-refractivity contribution is 0.612. The molecule has 27 heavy (non-hydrogen) atoms. The van der Waals surface area contributed by atoms with Crippen LogP contribution in [0.1, 0.15) is 19.4 Å². The van der Waals surface area contributed by atoms with Crippen LogP contribution in [-0.4, -0.2) is 28.3 Å². The van der Waals surface area contributed by atoms with Gasteiger partial charge >= 0.3 is 0 Å². The monoisotopic (exact) mass is 366 g/mol. The molecule has 0 atom stereocenters. The summed E-state index contributed by atoms with van der Waals surface area (Å²) in [4.78, 5) is 6.65. The molecule has 1 aromatic heterocycles. The molecule has 0 bridgehead atoms. The molecular weight excluding hydrogens is 343 g/mol. The van der Waals surface area contributed by atoms with Gasteiger partial charge in [0.15, 0.2) is 5.82 Å². The number of halogens is 1. The van der Waals surface area contributed by atoms with Crippen molar-refractivity contribution in [1.29, 1.82) is 0 Å². The fourth-order valence-electron chi connectivity index (χ4n) is 2.75. The minimum absolute atomic E-state index is 0.263. The maximum Gasteiger partial charge on any atom is 0.244 e. The first-order valence-electron chi connectivity index (χ1n) is 8.98. The molecule has 0 fully saturated rings. The number of anilines is 4. The highest BCUT2D eigenvalue weighted by molar-refractivity contribution is 5.60. The van der Waals surface area contributed by atoms with Crippen molar-refractivity contribution in [2.24, 2.45) is 0 Å². The summed E-state index contributed by atoms with van der Waals surface area (Å²) in [6.45, 7) is 6.50. The fraction of sp³-hybridized carbons (Fsp3) is 0.250. The molecule has 2 aromatic carbocycles. The number of nitrogens with one attached hydrogen (secondary N) is 2. The third-order valence-electron chi connectivity index (χ3n) is 4.22. The zero-order valence-electron chi connectivity index (χ0n) is 15.5. The molecule has 0 saturated carbocycles. The standard InChI is InChI=1S/C20H23FN6/c1-3-27(4-2)17-11-9-16(10-12-17)24-19-14-23-26-20(25-19)22-13-15-7-5-6-8-18(15)21/h5-12,14H,3-4,13H2,1-2H3,(H2,22,24,25,26). The van der Waals surface area contributed by atoms with Crippen LogP contribution in [0.25, 0.3) is 0 Å². The highest BCUT2D eigenvalue weighted by Crippen LogP contribution is 2.20. The Morgan fingerprint density at radius 3 is 2.44 bits per heavy atom. The summed E-state index contributed by atoms with van der Waals surface area (Å²) in [5.41, 5.74) is 2.64. The zero-order chi connectivity index (χ0) is 19.1. The molecule has 1 heterocycles. The predicted octanol–water partition coefficient (Wildman–Crippen LogP) is 4.21. The molecule has 0 radical (unpaired) electrons. The second-order valence-corrected chi connectivity index (χ2v) is 5.95. The Kier molecular flexibility index (Phi) is 6.14. The highest BCUT2D eigenvalue weighted by atomic mass is 19.1. The Labute approximate surface area is 158 Å². The first-order chi connectivity index (χ1) is 13.2. The minimum Gasteiger partial charge on any atom is -0.372 e. The maximum absolute atomic E-state index is 13.7. The van der Waals surface area contributed by atoms with Crippen LogP contribution in [0.4, 0.5) is 27.5 Å². The molecule has 0 aliphatic rings. The Bertz CT molecular complexity index is 864. The van der Waals surface area contributed by atoms with Crippen LogP contribution in [0.15, 0.2) is 54.7 Å². The minimum atomic E-state index is -0.263. The smallest absolute Gasteiger partial charge is 0.244 e. The van der Waals surface area contributed by atoms with Crippen LogP contribution in [0, 0.1) is 5.82 Å². The van der Waals surface area contributed by atoms with E-state index < -0.39 is 0 Å². The lowest BCUT2D eigenvalue weighted by Crippen LogP contribution is -2.21. The third kappa shape index (κ3) is 4.91. The molecule has 6 nitrogen and oxygen atoms in total. The Hall–Kier alpha value is -3.22. The van der Waals surface area contributed by atoms with Crippen molar-refractivity contribution >= 4 is 23.1 Å². The number of benzene rings is 2. The first kappa shape index (κ1) is 18.6. The van der Waals surface area contributed by atoms with Gasteiger partial charge in [-0.3, -0.25) is 0 Å². The second-order valence-electron chi connectivity index (χ2n) is 5.95. The Balaban J connectivity index is 1.64. The lowest BCUT2D eigenvalue weighted by Gasteiger charge is -2.21. The molecule has 0 spiro atoms. The second kappa shape index (κ2) is 8.93. The van der Waals surface area contributed by atoms with Crippen LogP contribution in [0.5, 0.6) is 0 Å². The zero-order valence-corrected chi connectivity index (χ0v) is 15.5. The number of aromatic nitrogens is 3. The van der Waals surface area contributed by atoms with Gasteiger partial charge in [-0.1, -0.05) is 18.2 Å². The van der Waals surface area contributed by atoms with Crippen molar-refractivity contribution in [3.05, 3.63) is 66.1 Å². The van der Waals surface area contributed by atoms with Crippen LogP contribution >= 0.6 is 0 Å². The van der Waals surface area contributed by atoms with Crippen molar-refractivity contribution in [2.45, 2.75) is 20.4 Å². The molecule has 2 N–H and O–H groups in total. The van der Waals surface area contributed by atoms with Gasteiger partial charge in [0.05, 0.1) is 6.20 Å². The van der Waals surface area contributed by atoms with E-state index in [1.54, 1.807) is 24.4 Å². The van der Waals surface area contributed by atoms with E-state index in [-0.39, 0.29) is 12.4 Å². The van der Waals surface area contributed by atoms with Gasteiger partial charge in [0, 0.05) is 36.6 Å². The summed E-state index contributed by atoms with van der Waals surface area (Å²) in [7, 11) is 0. The van der Waals surface area contributed by atoms with Crippen LogP contribution < -0.4 is 15.5 Å². The molecule has 0 amide bonds. The Morgan fingerprint density at radius 2 is 1.74 bits per heavy atom. The van der Waals surface area contributed by atoms with Gasteiger partial charge in [-0.2, -0.15) is 10.1 Å². The molecular formula is C20H23FN6. The van der Waals surface area contributed by atoms with Gasteiger partial charge in [0.2, 0.25) is 5.95 Å². The SMILES string of the molecule is CCN(CC)c1ccc(Nc2cnnc(NCc3ccccc3F)n2)cc1. The van der Waals surface area contributed by atoms with Crippen molar-refractivity contribution in [3.8, 4) is 0 Å². The van der Waals surface area contributed by atoms with Gasteiger partial charge in [-0.05, 0) is 44.2 Å². The Morgan fingerprint density at radius 1 is 1.00 bits per heavy atom. The molecule has 7 heteroatoms. The quantitative estimate of drug-likeness (QED) is 0.622. The van der Waals surface area contributed by atoms with E-state index in [2.05, 4.69) is 56.7 Å². The van der Waals surface area contributed by atoms with Crippen LogP contribution in [0.3, 0.4) is 0 Å².